The van der Waals surface area contributed by atoms with Gasteiger partial charge >= 0.3 is 0 Å². The largest absolute Gasteiger partial charge is 0.379 e. The number of aromatic nitrogens is 1. The van der Waals surface area contributed by atoms with Crippen LogP contribution < -0.4 is 10.9 Å². The van der Waals surface area contributed by atoms with E-state index in [0.29, 0.717) is 37.7 Å². The molecule has 2 rings (SSSR count). The summed E-state index contributed by atoms with van der Waals surface area (Å²) in [6.07, 6.45) is 3.16. The summed E-state index contributed by atoms with van der Waals surface area (Å²) in [5.41, 5.74) is 0.691. The zero-order valence-electron chi connectivity index (χ0n) is 15.0. The normalized spacial score (nSPS) is 21.0. The average molecular weight is 336 g/mol. The number of methoxy groups -OCH3 is 1. The number of ether oxygens (including phenoxy) is 2. The van der Waals surface area contributed by atoms with Gasteiger partial charge in [-0.25, -0.2) is 0 Å². The molecule has 1 fully saturated rings. The maximum absolute atomic E-state index is 12.7. The van der Waals surface area contributed by atoms with Crippen LogP contribution in [0.4, 0.5) is 0 Å². The van der Waals surface area contributed by atoms with Crippen LogP contribution >= 0.6 is 0 Å². The molecule has 1 aromatic rings. The Hall–Kier alpha value is -1.66. The standard InChI is InChI=1S/C18H28N2O4/c1-12(2)5-8-20-9-6-13(3)16(18(20)22)17(21)19-14-7-10-24-11-15(14)23-4/h6,9,12,14-15H,5,7-8,10-11H2,1-4H3,(H,19,21)/t14-,15-/m0/s1. The average Bonchev–Trinajstić information content (AvgIpc) is 2.54. The molecule has 2 heterocycles. The summed E-state index contributed by atoms with van der Waals surface area (Å²) in [5.74, 6) is 0.172. The van der Waals surface area contributed by atoms with E-state index < -0.39 is 0 Å². The Morgan fingerprint density at radius 3 is 2.92 bits per heavy atom. The van der Waals surface area contributed by atoms with Crippen molar-refractivity contribution in [1.82, 2.24) is 9.88 Å². The number of carbonyl (C=O) groups is 1. The number of amides is 1. The molecule has 2 atom stereocenters. The van der Waals surface area contributed by atoms with Crippen LogP contribution in [0.25, 0.3) is 0 Å². The maximum Gasteiger partial charge on any atom is 0.263 e. The Bertz CT molecular complexity index is 624. The van der Waals surface area contributed by atoms with Gasteiger partial charge in [-0.05, 0) is 37.3 Å². The highest BCUT2D eigenvalue weighted by molar-refractivity contribution is 5.95. The Labute approximate surface area is 143 Å². The lowest BCUT2D eigenvalue weighted by atomic mass is 10.0. The van der Waals surface area contributed by atoms with E-state index in [1.165, 1.54) is 0 Å². The molecule has 1 aromatic heterocycles. The Morgan fingerprint density at radius 1 is 1.50 bits per heavy atom. The van der Waals surface area contributed by atoms with Crippen molar-refractivity contribution in [3.05, 3.63) is 33.7 Å². The zero-order valence-corrected chi connectivity index (χ0v) is 15.0. The van der Waals surface area contributed by atoms with E-state index in [0.717, 1.165) is 6.42 Å². The van der Waals surface area contributed by atoms with Gasteiger partial charge in [0, 0.05) is 26.5 Å². The van der Waals surface area contributed by atoms with Crippen LogP contribution in [0.15, 0.2) is 17.1 Å². The van der Waals surface area contributed by atoms with E-state index in [2.05, 4.69) is 19.2 Å². The van der Waals surface area contributed by atoms with Crippen molar-refractivity contribution in [3.63, 3.8) is 0 Å². The smallest absolute Gasteiger partial charge is 0.263 e. The molecule has 1 saturated heterocycles. The van der Waals surface area contributed by atoms with Crippen LogP contribution in [0.3, 0.4) is 0 Å². The van der Waals surface area contributed by atoms with Crippen LogP contribution in [-0.2, 0) is 16.0 Å². The van der Waals surface area contributed by atoms with E-state index in [4.69, 9.17) is 9.47 Å². The molecule has 1 N–H and O–H groups in total. The summed E-state index contributed by atoms with van der Waals surface area (Å²) in [4.78, 5) is 25.4. The molecule has 1 aliphatic rings. The lowest BCUT2D eigenvalue weighted by Crippen LogP contribution is -2.50. The van der Waals surface area contributed by atoms with E-state index >= 15 is 0 Å². The summed E-state index contributed by atoms with van der Waals surface area (Å²) in [7, 11) is 1.60. The number of nitrogens with zero attached hydrogens (tertiary/aromatic N) is 1. The lowest BCUT2D eigenvalue weighted by molar-refractivity contribution is -0.0479. The third-order valence-electron chi connectivity index (χ3n) is 4.47. The van der Waals surface area contributed by atoms with Crippen LogP contribution in [0.2, 0.25) is 0 Å². The van der Waals surface area contributed by atoms with Gasteiger partial charge in [0.1, 0.15) is 11.7 Å². The van der Waals surface area contributed by atoms with Gasteiger partial charge in [-0.1, -0.05) is 13.8 Å². The number of pyridine rings is 1. The minimum Gasteiger partial charge on any atom is -0.379 e. The number of rotatable bonds is 6. The SMILES string of the molecule is CO[C@H]1COCC[C@@H]1NC(=O)c1c(C)ccn(CCC(C)C)c1=O. The molecule has 0 aliphatic carbocycles. The fourth-order valence-corrected chi connectivity index (χ4v) is 2.86. The molecule has 0 bridgehead atoms. The second kappa shape index (κ2) is 8.44. The van der Waals surface area contributed by atoms with E-state index in [1.54, 1.807) is 24.8 Å². The molecular weight excluding hydrogens is 308 g/mol. The van der Waals surface area contributed by atoms with E-state index in [1.807, 2.05) is 6.07 Å². The number of nitrogens with one attached hydrogen (secondary N) is 1. The number of carbonyl (C=O) groups excluding carboxylic acids is 1. The topological polar surface area (TPSA) is 69.6 Å². The van der Waals surface area contributed by atoms with Crippen molar-refractivity contribution < 1.29 is 14.3 Å². The van der Waals surface area contributed by atoms with Gasteiger partial charge in [-0.15, -0.1) is 0 Å². The van der Waals surface area contributed by atoms with Gasteiger partial charge in [0.2, 0.25) is 0 Å². The minimum absolute atomic E-state index is 0.139. The van der Waals surface area contributed by atoms with Gasteiger partial charge in [0.15, 0.2) is 0 Å². The molecule has 1 aliphatic heterocycles. The highest BCUT2D eigenvalue weighted by Crippen LogP contribution is 2.12. The number of aryl methyl sites for hydroxylation is 2. The third-order valence-corrected chi connectivity index (χ3v) is 4.47. The van der Waals surface area contributed by atoms with Crippen LogP contribution in [0, 0.1) is 12.8 Å². The lowest BCUT2D eigenvalue weighted by Gasteiger charge is -2.31. The molecule has 1 amide bonds. The molecule has 0 saturated carbocycles. The molecule has 0 spiro atoms. The molecule has 134 valence electrons. The third kappa shape index (κ3) is 4.45. The van der Waals surface area contributed by atoms with Crippen LogP contribution in [0.1, 0.15) is 42.6 Å². The van der Waals surface area contributed by atoms with Gasteiger partial charge < -0.3 is 19.4 Å². The van der Waals surface area contributed by atoms with Crippen LogP contribution in [-0.4, -0.2) is 42.9 Å². The molecular formula is C18H28N2O4. The second-order valence-electron chi connectivity index (χ2n) is 6.77. The number of hydrogen-bond donors (Lipinski definition) is 1. The van der Waals surface area contributed by atoms with Gasteiger partial charge in [-0.3, -0.25) is 9.59 Å². The Kier molecular flexibility index (Phi) is 6.57. The van der Waals surface area contributed by atoms with Gasteiger partial charge in [0.05, 0.1) is 12.6 Å². The second-order valence-corrected chi connectivity index (χ2v) is 6.77. The summed E-state index contributed by atoms with van der Waals surface area (Å²) in [6, 6.07) is 1.69. The fraction of sp³-hybridized carbons (Fsp3) is 0.667. The summed E-state index contributed by atoms with van der Waals surface area (Å²) >= 11 is 0. The van der Waals surface area contributed by atoms with Gasteiger partial charge in [-0.2, -0.15) is 0 Å². The van der Waals surface area contributed by atoms with Gasteiger partial charge in [0.25, 0.3) is 11.5 Å². The van der Waals surface area contributed by atoms with E-state index in [-0.39, 0.29) is 29.2 Å². The quantitative estimate of drug-likeness (QED) is 0.859. The number of hydrogen-bond acceptors (Lipinski definition) is 4. The highest BCUT2D eigenvalue weighted by Gasteiger charge is 2.28. The molecule has 6 nitrogen and oxygen atoms in total. The molecule has 0 unspecified atom stereocenters. The van der Waals surface area contributed by atoms with Crippen LogP contribution in [0.5, 0.6) is 0 Å². The zero-order chi connectivity index (χ0) is 17.7. The van der Waals surface area contributed by atoms with E-state index in [9.17, 15) is 9.59 Å². The molecule has 0 aromatic carbocycles. The van der Waals surface area contributed by atoms with Crippen molar-refractivity contribution in [3.8, 4) is 0 Å². The predicted octanol–water partition coefficient (Wildman–Crippen LogP) is 1.74. The van der Waals surface area contributed by atoms with Crippen molar-refractivity contribution in [2.75, 3.05) is 20.3 Å². The Morgan fingerprint density at radius 2 is 2.25 bits per heavy atom. The fourth-order valence-electron chi connectivity index (χ4n) is 2.86. The maximum atomic E-state index is 12.7. The van der Waals surface area contributed by atoms with Crippen molar-refractivity contribution in [1.29, 1.82) is 0 Å². The summed E-state index contributed by atoms with van der Waals surface area (Å²) < 4.78 is 12.4. The monoisotopic (exact) mass is 336 g/mol. The highest BCUT2D eigenvalue weighted by atomic mass is 16.5. The molecule has 6 heteroatoms. The first-order valence-corrected chi connectivity index (χ1v) is 8.55. The predicted molar refractivity (Wildman–Crippen MR) is 92.4 cm³/mol. The first-order chi connectivity index (χ1) is 11.4. The summed E-state index contributed by atoms with van der Waals surface area (Å²) in [5, 5.41) is 2.95. The Balaban J connectivity index is 2.18. The van der Waals surface area contributed by atoms with Crippen molar-refractivity contribution in [2.45, 2.75) is 52.3 Å². The first kappa shape index (κ1) is 18.7. The minimum atomic E-state index is -0.328. The van der Waals surface area contributed by atoms with Crippen molar-refractivity contribution >= 4 is 5.91 Å². The first-order valence-electron chi connectivity index (χ1n) is 8.55. The van der Waals surface area contributed by atoms with Crippen molar-refractivity contribution in [2.24, 2.45) is 5.92 Å². The molecule has 24 heavy (non-hydrogen) atoms. The summed E-state index contributed by atoms with van der Waals surface area (Å²) in [6.45, 7) is 7.67. The molecule has 0 radical (unpaired) electrons.